The lowest BCUT2D eigenvalue weighted by atomic mass is 9.70. The van der Waals surface area contributed by atoms with E-state index >= 15 is 0 Å². The summed E-state index contributed by atoms with van der Waals surface area (Å²) < 4.78 is 17.8. The van der Waals surface area contributed by atoms with Crippen molar-refractivity contribution >= 4 is 33.7 Å². The summed E-state index contributed by atoms with van der Waals surface area (Å²) in [7, 11) is 0. The second-order valence-corrected chi connectivity index (χ2v) is 13.2. The lowest BCUT2D eigenvalue weighted by Gasteiger charge is -2.40. The highest BCUT2D eigenvalue weighted by Gasteiger charge is 2.77. The van der Waals surface area contributed by atoms with Gasteiger partial charge in [0.05, 0.1) is 50.4 Å². The summed E-state index contributed by atoms with van der Waals surface area (Å²) >= 11 is 3.72. The van der Waals surface area contributed by atoms with Crippen LogP contribution in [0, 0.1) is 11.8 Å². The molecule has 1 aromatic carbocycles. The van der Waals surface area contributed by atoms with Crippen LogP contribution in [0.15, 0.2) is 55.6 Å². The zero-order valence-electron chi connectivity index (χ0n) is 25.2. The van der Waals surface area contributed by atoms with Crippen LogP contribution >= 0.6 is 15.9 Å². The van der Waals surface area contributed by atoms with Crippen LogP contribution < -0.4 is 0 Å². The minimum atomic E-state index is -1.25. The number of rotatable bonds is 15. The van der Waals surface area contributed by atoms with E-state index < -0.39 is 48.2 Å². The maximum Gasteiger partial charge on any atom is 0.312 e. The van der Waals surface area contributed by atoms with Gasteiger partial charge in [-0.05, 0) is 31.2 Å². The van der Waals surface area contributed by atoms with Gasteiger partial charge in [-0.1, -0.05) is 58.4 Å². The largest absolute Gasteiger partial charge is 0.465 e. The molecule has 5 rings (SSSR count). The lowest BCUT2D eigenvalue weighted by molar-refractivity contribution is -0.156. The van der Waals surface area contributed by atoms with E-state index in [4.69, 9.17) is 14.2 Å². The molecule has 4 aliphatic rings. The van der Waals surface area contributed by atoms with Crippen molar-refractivity contribution < 1.29 is 33.7 Å². The smallest absolute Gasteiger partial charge is 0.312 e. The van der Waals surface area contributed by atoms with Gasteiger partial charge >= 0.3 is 5.97 Å². The number of unbranched alkanes of at least 4 members (excludes halogenated alkanes) is 2. The maximum atomic E-state index is 14.7. The maximum absolute atomic E-state index is 14.7. The Morgan fingerprint density at radius 2 is 1.93 bits per heavy atom. The molecule has 1 aromatic rings. The SMILES string of the molecule is C=CCCCCOC(=O)[C@H]1[C@H]2C(=O)N([C@H](CO)c3ccccc3)C(C(=O)N(CC=C)CCN3CCOCC3)C23CC(Br)[C@@H]1O3. The quantitative estimate of drug-likeness (QED) is 0.131. The highest BCUT2D eigenvalue weighted by Crippen LogP contribution is 2.61. The van der Waals surface area contributed by atoms with Crippen molar-refractivity contribution in [3.8, 4) is 0 Å². The van der Waals surface area contributed by atoms with E-state index in [-0.39, 0.29) is 29.8 Å². The molecule has 2 amide bonds. The molecule has 4 heterocycles. The zero-order chi connectivity index (χ0) is 31.3. The molecule has 4 fully saturated rings. The molecule has 0 aliphatic carbocycles. The number of benzene rings is 1. The Morgan fingerprint density at radius 3 is 2.61 bits per heavy atom. The Kier molecular flexibility index (Phi) is 10.9. The van der Waals surface area contributed by atoms with Gasteiger partial charge in [0.25, 0.3) is 0 Å². The number of alkyl halides is 1. The Bertz CT molecular complexity index is 1200. The molecular formula is C33H44BrN3O7. The van der Waals surface area contributed by atoms with E-state index in [9.17, 15) is 19.5 Å². The van der Waals surface area contributed by atoms with Gasteiger partial charge in [0.1, 0.15) is 11.6 Å². The molecule has 1 spiro atoms. The third kappa shape index (κ3) is 6.26. The van der Waals surface area contributed by atoms with Crippen molar-refractivity contribution in [2.75, 3.05) is 59.2 Å². The molecule has 11 heteroatoms. The summed E-state index contributed by atoms with van der Waals surface area (Å²) in [5.41, 5.74) is -0.549. The van der Waals surface area contributed by atoms with E-state index in [0.29, 0.717) is 44.7 Å². The molecule has 4 aliphatic heterocycles. The number of carbonyl (C=O) groups excluding carboxylic acids is 3. The van der Waals surface area contributed by atoms with Crippen molar-refractivity contribution in [3.63, 3.8) is 0 Å². The third-order valence-corrected chi connectivity index (χ3v) is 10.3. The number of amides is 2. The molecule has 10 nitrogen and oxygen atoms in total. The third-order valence-electron chi connectivity index (χ3n) is 9.42. The Morgan fingerprint density at radius 1 is 1.18 bits per heavy atom. The summed E-state index contributed by atoms with van der Waals surface area (Å²) in [6.45, 7) is 11.7. The molecule has 0 saturated carbocycles. The van der Waals surface area contributed by atoms with E-state index in [1.807, 2.05) is 36.4 Å². The summed E-state index contributed by atoms with van der Waals surface area (Å²) in [5, 5.41) is 10.7. The van der Waals surface area contributed by atoms with Crippen LogP contribution in [0.2, 0.25) is 0 Å². The highest BCUT2D eigenvalue weighted by molar-refractivity contribution is 9.09. The predicted molar refractivity (Wildman–Crippen MR) is 168 cm³/mol. The number of fused-ring (bicyclic) bond motifs is 1. The summed E-state index contributed by atoms with van der Waals surface area (Å²) in [5.74, 6) is -2.90. The molecule has 240 valence electrons. The number of allylic oxidation sites excluding steroid dienone is 1. The lowest BCUT2D eigenvalue weighted by Crippen LogP contribution is -2.58. The van der Waals surface area contributed by atoms with Crippen LogP contribution in [-0.4, -0.2) is 119 Å². The number of aliphatic hydroxyl groups is 1. The average molecular weight is 675 g/mol. The van der Waals surface area contributed by atoms with Gasteiger partial charge in [-0.15, -0.1) is 13.2 Å². The number of nitrogens with zero attached hydrogens (tertiary/aromatic N) is 3. The van der Waals surface area contributed by atoms with Crippen molar-refractivity contribution in [2.24, 2.45) is 11.8 Å². The van der Waals surface area contributed by atoms with Crippen molar-refractivity contribution in [3.05, 3.63) is 61.2 Å². The first-order chi connectivity index (χ1) is 21.4. The zero-order valence-corrected chi connectivity index (χ0v) is 26.8. The Balaban J connectivity index is 1.49. The van der Waals surface area contributed by atoms with Gasteiger partial charge < -0.3 is 29.1 Å². The fraction of sp³-hybridized carbons (Fsp3) is 0.606. The molecule has 0 radical (unpaired) electrons. The number of halogens is 1. The number of morpholine rings is 1. The fourth-order valence-corrected chi connectivity index (χ4v) is 8.29. The number of aliphatic hydroxyl groups excluding tert-OH is 1. The van der Waals surface area contributed by atoms with Crippen LogP contribution in [0.25, 0.3) is 0 Å². The van der Waals surface area contributed by atoms with Gasteiger partial charge in [0, 0.05) is 37.6 Å². The second-order valence-electron chi connectivity index (χ2n) is 12.0. The number of ether oxygens (including phenoxy) is 3. The first-order valence-corrected chi connectivity index (χ1v) is 16.6. The van der Waals surface area contributed by atoms with E-state index in [1.54, 1.807) is 11.0 Å². The van der Waals surface area contributed by atoms with Crippen molar-refractivity contribution in [1.82, 2.24) is 14.7 Å². The van der Waals surface area contributed by atoms with Crippen LogP contribution in [0.1, 0.15) is 37.3 Å². The Hall–Kier alpha value is -2.57. The minimum Gasteiger partial charge on any atom is -0.465 e. The number of hydrogen-bond acceptors (Lipinski definition) is 8. The van der Waals surface area contributed by atoms with Crippen LogP contribution in [0.3, 0.4) is 0 Å². The molecule has 7 atom stereocenters. The van der Waals surface area contributed by atoms with Gasteiger partial charge in [0.15, 0.2) is 0 Å². The standard InChI is InChI=1S/C33H44BrN3O7/c1-3-5-6-10-18-43-32(41)26-27-30(39)37(25(22-38)23-11-8-7-9-12-23)29(33(27)21-24(34)28(26)44-33)31(40)36(13-4-2)15-14-35-16-19-42-20-17-35/h3-4,7-9,11-12,24-29,38H,1-2,5-6,10,13-22H2/t24?,25-,26+,27+,28+,29?,33?/m1/s1. The van der Waals surface area contributed by atoms with Crippen LogP contribution in [0.4, 0.5) is 0 Å². The van der Waals surface area contributed by atoms with Crippen molar-refractivity contribution in [2.45, 2.75) is 54.3 Å². The first-order valence-electron chi connectivity index (χ1n) is 15.6. The molecule has 1 N–H and O–H groups in total. The molecule has 44 heavy (non-hydrogen) atoms. The number of hydrogen-bond donors (Lipinski definition) is 1. The van der Waals surface area contributed by atoms with Gasteiger partial charge in [-0.25, -0.2) is 0 Å². The average Bonchev–Trinajstić information content (AvgIpc) is 3.63. The number of esters is 1. The molecule has 3 unspecified atom stereocenters. The van der Waals surface area contributed by atoms with Crippen LogP contribution in [0.5, 0.6) is 0 Å². The van der Waals surface area contributed by atoms with E-state index in [1.165, 1.54) is 4.90 Å². The molecule has 0 aromatic heterocycles. The van der Waals surface area contributed by atoms with Crippen molar-refractivity contribution in [1.29, 1.82) is 0 Å². The van der Waals surface area contributed by atoms with Gasteiger partial charge in [-0.2, -0.15) is 0 Å². The normalized spacial score (nSPS) is 30.2. The number of carbonyl (C=O) groups is 3. The fourth-order valence-electron chi connectivity index (χ4n) is 7.35. The van der Waals surface area contributed by atoms with Crippen LogP contribution in [-0.2, 0) is 28.6 Å². The first kappa shape index (κ1) is 32.8. The van der Waals surface area contributed by atoms with E-state index in [2.05, 4.69) is 34.0 Å². The second kappa shape index (κ2) is 14.7. The summed E-state index contributed by atoms with van der Waals surface area (Å²) in [6, 6.07) is 7.36. The van der Waals surface area contributed by atoms with E-state index in [0.717, 1.165) is 25.9 Å². The monoisotopic (exact) mass is 673 g/mol. The van der Waals surface area contributed by atoms with Gasteiger partial charge in [-0.3, -0.25) is 19.3 Å². The predicted octanol–water partition coefficient (Wildman–Crippen LogP) is 2.71. The highest BCUT2D eigenvalue weighted by atomic mass is 79.9. The summed E-state index contributed by atoms with van der Waals surface area (Å²) in [6.07, 6.45) is 5.64. The topological polar surface area (TPSA) is 109 Å². The molecule has 4 saturated heterocycles. The van der Waals surface area contributed by atoms with Gasteiger partial charge in [0.2, 0.25) is 11.8 Å². The molecular weight excluding hydrogens is 630 g/mol. The Labute approximate surface area is 268 Å². The number of likely N-dealkylation sites (tertiary alicyclic amines) is 1. The summed E-state index contributed by atoms with van der Waals surface area (Å²) in [4.78, 5) is 48.1. The minimum absolute atomic E-state index is 0.237. The molecule has 2 bridgehead atoms.